The molecule has 3 heterocycles. The second kappa shape index (κ2) is 10.1. The van der Waals surface area contributed by atoms with Crippen molar-refractivity contribution in [3.8, 4) is 23.2 Å². The van der Waals surface area contributed by atoms with Gasteiger partial charge in [0.25, 0.3) is 0 Å². The minimum absolute atomic E-state index is 0.274. The number of imidazole rings is 1. The van der Waals surface area contributed by atoms with E-state index in [2.05, 4.69) is 26.9 Å². The molecule has 1 aliphatic rings. The number of β-amino-alcohol motifs (C(OH)–C–C–N with tert-alkyl or cyclic N) is 1. The summed E-state index contributed by atoms with van der Waals surface area (Å²) in [5.41, 5.74) is 2.70. The van der Waals surface area contributed by atoms with Crippen molar-refractivity contribution >= 4 is 0 Å². The standard InChI is InChI=1S/C25H30N4O3/c1-18(30)16-28-12-9-21(10-13-28)4-3-20-5-7-22(8-6-20)24-15-23(27-32-24)17-29-14-11-26-25(29)19(2)31/h5-8,11,14-15,18-19,21,30-31H,9-10,12-13,16-17H2,1-2H3. The molecule has 0 radical (unpaired) electrons. The Hall–Kier alpha value is -2.92. The highest BCUT2D eigenvalue weighted by atomic mass is 16.5. The summed E-state index contributed by atoms with van der Waals surface area (Å²) in [5, 5.41) is 23.5. The quantitative estimate of drug-likeness (QED) is 0.580. The normalized spacial score (nSPS) is 17.0. The molecule has 2 unspecified atom stereocenters. The lowest BCUT2D eigenvalue weighted by atomic mass is 9.96. The zero-order valence-corrected chi connectivity index (χ0v) is 18.6. The first-order chi connectivity index (χ1) is 15.5. The smallest absolute Gasteiger partial charge is 0.167 e. The van der Waals surface area contributed by atoms with E-state index in [9.17, 15) is 10.2 Å². The summed E-state index contributed by atoms with van der Waals surface area (Å²) in [6, 6.07) is 9.92. The van der Waals surface area contributed by atoms with Gasteiger partial charge in [-0.1, -0.05) is 17.0 Å². The van der Waals surface area contributed by atoms with Crippen molar-refractivity contribution in [2.45, 2.75) is 45.4 Å². The van der Waals surface area contributed by atoms with E-state index in [1.54, 1.807) is 13.1 Å². The number of aliphatic hydroxyl groups is 2. The predicted octanol–water partition coefficient (Wildman–Crippen LogP) is 3.08. The van der Waals surface area contributed by atoms with Gasteiger partial charge in [-0.15, -0.1) is 0 Å². The molecule has 2 N–H and O–H groups in total. The Morgan fingerprint density at radius 3 is 2.59 bits per heavy atom. The van der Waals surface area contributed by atoms with Gasteiger partial charge in [0.15, 0.2) is 5.76 Å². The molecular formula is C25H30N4O3. The monoisotopic (exact) mass is 434 g/mol. The van der Waals surface area contributed by atoms with Crippen LogP contribution in [0.25, 0.3) is 11.3 Å². The van der Waals surface area contributed by atoms with Gasteiger partial charge in [-0.2, -0.15) is 0 Å². The molecule has 2 aromatic heterocycles. The van der Waals surface area contributed by atoms with Crippen molar-refractivity contribution in [2.24, 2.45) is 5.92 Å². The van der Waals surface area contributed by atoms with E-state index in [4.69, 9.17) is 4.52 Å². The van der Waals surface area contributed by atoms with Crippen molar-refractivity contribution in [2.75, 3.05) is 19.6 Å². The molecule has 1 aromatic carbocycles. The molecule has 0 amide bonds. The van der Waals surface area contributed by atoms with Gasteiger partial charge in [0.05, 0.1) is 12.6 Å². The first kappa shape index (κ1) is 22.3. The molecule has 0 spiro atoms. The topological polar surface area (TPSA) is 87.5 Å². The van der Waals surface area contributed by atoms with Crippen molar-refractivity contribution < 1.29 is 14.7 Å². The fourth-order valence-electron chi connectivity index (χ4n) is 4.06. The summed E-state index contributed by atoms with van der Waals surface area (Å²) < 4.78 is 7.39. The van der Waals surface area contributed by atoms with E-state index in [1.165, 1.54) is 0 Å². The molecule has 168 valence electrons. The van der Waals surface area contributed by atoms with E-state index in [0.717, 1.165) is 49.3 Å². The fraction of sp³-hybridized carbons (Fsp3) is 0.440. The number of aromatic nitrogens is 3. The van der Waals surface area contributed by atoms with Gasteiger partial charge < -0.3 is 24.2 Å². The number of benzene rings is 1. The third-order valence-electron chi connectivity index (χ3n) is 5.71. The van der Waals surface area contributed by atoms with Gasteiger partial charge in [-0.3, -0.25) is 0 Å². The third-order valence-corrected chi connectivity index (χ3v) is 5.71. The van der Waals surface area contributed by atoms with Crippen LogP contribution in [0.3, 0.4) is 0 Å². The Morgan fingerprint density at radius 1 is 1.16 bits per heavy atom. The molecule has 32 heavy (non-hydrogen) atoms. The molecule has 0 bridgehead atoms. The molecule has 7 nitrogen and oxygen atoms in total. The lowest BCUT2D eigenvalue weighted by Gasteiger charge is -2.30. The van der Waals surface area contributed by atoms with Crippen LogP contribution in [-0.2, 0) is 6.54 Å². The van der Waals surface area contributed by atoms with Crippen molar-refractivity contribution in [3.63, 3.8) is 0 Å². The Labute approximate surface area is 188 Å². The molecule has 1 fully saturated rings. The van der Waals surface area contributed by atoms with Gasteiger partial charge >= 0.3 is 0 Å². The van der Waals surface area contributed by atoms with Gasteiger partial charge in [0.2, 0.25) is 0 Å². The third kappa shape index (κ3) is 5.65. The maximum absolute atomic E-state index is 9.80. The zero-order chi connectivity index (χ0) is 22.5. The molecular weight excluding hydrogens is 404 g/mol. The molecule has 0 aliphatic carbocycles. The summed E-state index contributed by atoms with van der Waals surface area (Å²) >= 11 is 0. The van der Waals surface area contributed by atoms with Gasteiger partial charge in [-0.25, -0.2) is 4.98 Å². The van der Waals surface area contributed by atoms with Crippen LogP contribution in [0.2, 0.25) is 0 Å². The highest BCUT2D eigenvalue weighted by Gasteiger charge is 2.18. The molecule has 1 aliphatic heterocycles. The van der Waals surface area contributed by atoms with E-state index in [0.29, 0.717) is 24.0 Å². The molecule has 1 saturated heterocycles. The van der Waals surface area contributed by atoms with Crippen LogP contribution in [0.5, 0.6) is 0 Å². The van der Waals surface area contributed by atoms with Crippen molar-refractivity contribution in [1.29, 1.82) is 0 Å². The number of hydrogen-bond acceptors (Lipinski definition) is 6. The van der Waals surface area contributed by atoms with Crippen LogP contribution in [-0.4, -0.2) is 55.6 Å². The maximum atomic E-state index is 9.80. The van der Waals surface area contributed by atoms with Crippen LogP contribution >= 0.6 is 0 Å². The summed E-state index contributed by atoms with van der Waals surface area (Å²) in [5.74, 6) is 8.42. The Kier molecular flexibility index (Phi) is 7.05. The van der Waals surface area contributed by atoms with Gasteiger partial charge in [0, 0.05) is 42.0 Å². The van der Waals surface area contributed by atoms with Crippen molar-refractivity contribution in [3.05, 3.63) is 59.8 Å². The fourth-order valence-corrected chi connectivity index (χ4v) is 4.06. The molecule has 0 saturated carbocycles. The maximum Gasteiger partial charge on any atom is 0.167 e. The van der Waals surface area contributed by atoms with Gasteiger partial charge in [-0.05, 0) is 64.0 Å². The average molecular weight is 435 g/mol. The SMILES string of the molecule is CC(O)CN1CCC(C#Cc2ccc(-c3cc(Cn4ccnc4C(C)O)no3)cc2)CC1. The molecule has 3 aromatic rings. The number of piperidine rings is 1. The van der Waals surface area contributed by atoms with Crippen molar-refractivity contribution in [1.82, 2.24) is 19.6 Å². The first-order valence-corrected chi connectivity index (χ1v) is 11.1. The summed E-state index contributed by atoms with van der Waals surface area (Å²) in [6.45, 7) is 6.75. The number of rotatable bonds is 6. The lowest BCUT2D eigenvalue weighted by Crippen LogP contribution is -2.37. The number of nitrogens with zero attached hydrogens (tertiary/aromatic N) is 4. The Balaban J connectivity index is 1.35. The Morgan fingerprint density at radius 2 is 1.91 bits per heavy atom. The lowest BCUT2D eigenvalue weighted by molar-refractivity contribution is 0.107. The van der Waals surface area contributed by atoms with Crippen LogP contribution in [0.1, 0.15) is 49.9 Å². The minimum Gasteiger partial charge on any atom is -0.392 e. The zero-order valence-electron chi connectivity index (χ0n) is 18.6. The average Bonchev–Trinajstić information content (AvgIpc) is 3.43. The van der Waals surface area contributed by atoms with E-state index in [1.807, 2.05) is 48.0 Å². The second-order valence-corrected chi connectivity index (χ2v) is 8.54. The highest BCUT2D eigenvalue weighted by molar-refractivity contribution is 5.59. The van der Waals surface area contributed by atoms with Gasteiger partial charge in [0.1, 0.15) is 17.6 Å². The van der Waals surface area contributed by atoms with E-state index in [-0.39, 0.29) is 6.10 Å². The summed E-state index contributed by atoms with van der Waals surface area (Å²) in [4.78, 5) is 6.49. The molecule has 4 rings (SSSR count). The summed E-state index contributed by atoms with van der Waals surface area (Å²) in [7, 11) is 0. The Bertz CT molecular complexity index is 1060. The molecule has 2 atom stereocenters. The van der Waals surface area contributed by atoms with E-state index < -0.39 is 6.10 Å². The number of likely N-dealkylation sites (tertiary alicyclic amines) is 1. The van der Waals surface area contributed by atoms with Crippen LogP contribution < -0.4 is 0 Å². The summed E-state index contributed by atoms with van der Waals surface area (Å²) in [6.07, 6.45) is 4.67. The highest BCUT2D eigenvalue weighted by Crippen LogP contribution is 2.22. The van der Waals surface area contributed by atoms with E-state index >= 15 is 0 Å². The van der Waals surface area contributed by atoms with Crippen LogP contribution in [0.4, 0.5) is 0 Å². The minimum atomic E-state index is -0.637. The first-order valence-electron chi connectivity index (χ1n) is 11.1. The van der Waals surface area contributed by atoms with Crippen LogP contribution in [0.15, 0.2) is 47.2 Å². The predicted molar refractivity (Wildman–Crippen MR) is 122 cm³/mol. The largest absolute Gasteiger partial charge is 0.392 e. The molecule has 7 heteroatoms. The van der Waals surface area contributed by atoms with Crippen LogP contribution in [0, 0.1) is 17.8 Å². The number of aliphatic hydroxyl groups excluding tert-OH is 2. The second-order valence-electron chi connectivity index (χ2n) is 8.54. The number of hydrogen-bond donors (Lipinski definition) is 2.